The normalized spacial score (nSPS) is 11.1. The number of fused-ring (bicyclic) bond motifs is 1. The van der Waals surface area contributed by atoms with E-state index in [1.165, 1.54) is 0 Å². The van der Waals surface area contributed by atoms with Gasteiger partial charge in [-0.2, -0.15) is 0 Å². The van der Waals surface area contributed by atoms with E-state index >= 15 is 0 Å². The Labute approximate surface area is 191 Å². The summed E-state index contributed by atoms with van der Waals surface area (Å²) in [6.07, 6.45) is 5.10. The number of carbonyl (C=O) groups excluding carboxylic acids is 1. The minimum Gasteiger partial charge on any atom is -0.375 e. The predicted octanol–water partition coefficient (Wildman–Crippen LogP) is 4.57. The molecular formula is C24H24ClN5O2. The van der Waals surface area contributed by atoms with Crippen molar-refractivity contribution in [3.8, 4) is 11.4 Å². The fraction of sp³-hybridized carbons (Fsp3) is 0.250. The van der Waals surface area contributed by atoms with Crippen LogP contribution in [0.4, 0.5) is 0 Å². The molecule has 0 aliphatic carbocycles. The van der Waals surface area contributed by atoms with Crippen LogP contribution in [0.3, 0.4) is 0 Å². The lowest BCUT2D eigenvalue weighted by atomic mass is 10.1. The molecule has 1 amide bonds. The average molecular weight is 450 g/mol. The molecule has 0 saturated carbocycles. The number of benzene rings is 2. The number of hydrogen-bond donors (Lipinski definition) is 2. The zero-order valence-corrected chi connectivity index (χ0v) is 18.5. The Morgan fingerprint density at radius 3 is 2.75 bits per heavy atom. The van der Waals surface area contributed by atoms with E-state index in [-0.39, 0.29) is 5.91 Å². The van der Waals surface area contributed by atoms with E-state index in [0.29, 0.717) is 41.7 Å². The standard InChI is InChI=1S/C24H24ClN5O2/c1-2-32-15-21-19-10-7-17(24(31)28-11-3-4-22-26-12-13-27-22)14-20(19)29-23(30-21)16-5-8-18(25)9-6-16/h5-10,12-14H,2-4,11,15H2,1H3,(H,26,27)(H,28,31). The molecule has 0 aliphatic rings. The van der Waals surface area contributed by atoms with Crippen molar-refractivity contribution in [3.63, 3.8) is 0 Å². The Morgan fingerprint density at radius 1 is 1.16 bits per heavy atom. The van der Waals surface area contributed by atoms with Crippen molar-refractivity contribution in [2.24, 2.45) is 0 Å². The summed E-state index contributed by atoms with van der Waals surface area (Å²) in [6.45, 7) is 3.46. The number of aromatic nitrogens is 4. The summed E-state index contributed by atoms with van der Waals surface area (Å²) in [5.74, 6) is 1.35. The van der Waals surface area contributed by atoms with Gasteiger partial charge in [0.2, 0.25) is 0 Å². The molecule has 7 nitrogen and oxygen atoms in total. The number of hydrogen-bond acceptors (Lipinski definition) is 5. The van der Waals surface area contributed by atoms with E-state index in [2.05, 4.69) is 15.3 Å². The molecule has 0 fully saturated rings. The second kappa shape index (κ2) is 10.3. The van der Waals surface area contributed by atoms with E-state index in [1.807, 2.05) is 25.1 Å². The van der Waals surface area contributed by atoms with Crippen LogP contribution in [0, 0.1) is 0 Å². The van der Waals surface area contributed by atoms with Crippen molar-refractivity contribution in [1.82, 2.24) is 25.3 Å². The molecule has 0 spiro atoms. The van der Waals surface area contributed by atoms with Gasteiger partial charge in [-0.15, -0.1) is 0 Å². The quantitative estimate of drug-likeness (QED) is 0.365. The number of nitrogens with one attached hydrogen (secondary N) is 2. The minimum absolute atomic E-state index is 0.135. The molecule has 0 unspecified atom stereocenters. The van der Waals surface area contributed by atoms with Gasteiger partial charge in [0, 0.05) is 53.5 Å². The molecule has 8 heteroatoms. The minimum atomic E-state index is -0.135. The molecule has 32 heavy (non-hydrogen) atoms. The number of aromatic amines is 1. The molecule has 0 atom stereocenters. The second-order valence-corrected chi connectivity index (χ2v) is 7.70. The van der Waals surface area contributed by atoms with E-state index in [4.69, 9.17) is 26.3 Å². The molecule has 0 radical (unpaired) electrons. The maximum Gasteiger partial charge on any atom is 0.251 e. The van der Waals surface area contributed by atoms with Crippen LogP contribution < -0.4 is 5.32 Å². The molecule has 164 valence electrons. The predicted molar refractivity (Wildman–Crippen MR) is 125 cm³/mol. The van der Waals surface area contributed by atoms with Gasteiger partial charge < -0.3 is 15.0 Å². The van der Waals surface area contributed by atoms with Gasteiger partial charge in [0.15, 0.2) is 5.82 Å². The lowest BCUT2D eigenvalue weighted by Gasteiger charge is -2.11. The SMILES string of the molecule is CCOCc1nc(-c2ccc(Cl)cc2)nc2cc(C(=O)NCCCc3ncc[nH]3)ccc12. The number of carbonyl (C=O) groups is 1. The summed E-state index contributed by atoms with van der Waals surface area (Å²) in [7, 11) is 0. The highest BCUT2D eigenvalue weighted by molar-refractivity contribution is 6.30. The van der Waals surface area contributed by atoms with Gasteiger partial charge >= 0.3 is 0 Å². The van der Waals surface area contributed by atoms with Crippen molar-refractivity contribution in [3.05, 3.63) is 77.0 Å². The molecule has 2 heterocycles. The average Bonchev–Trinajstić information content (AvgIpc) is 3.33. The fourth-order valence-corrected chi connectivity index (χ4v) is 3.49. The molecule has 4 rings (SSSR count). The van der Waals surface area contributed by atoms with Crippen LogP contribution in [0.15, 0.2) is 54.9 Å². The Bertz CT molecular complexity index is 1190. The van der Waals surface area contributed by atoms with Crippen molar-refractivity contribution in [2.45, 2.75) is 26.4 Å². The maximum atomic E-state index is 12.7. The third-order valence-corrected chi connectivity index (χ3v) is 5.27. The first-order chi connectivity index (χ1) is 15.6. The van der Waals surface area contributed by atoms with Gasteiger partial charge in [0.05, 0.1) is 17.8 Å². The second-order valence-electron chi connectivity index (χ2n) is 7.27. The number of imidazole rings is 1. The fourth-order valence-electron chi connectivity index (χ4n) is 3.37. The molecule has 2 N–H and O–H groups in total. The molecule has 0 bridgehead atoms. The molecule has 0 saturated heterocycles. The van der Waals surface area contributed by atoms with E-state index in [1.54, 1.807) is 36.7 Å². The molecule has 2 aromatic carbocycles. The molecule has 4 aromatic rings. The first kappa shape index (κ1) is 21.9. The third kappa shape index (κ3) is 5.30. The lowest BCUT2D eigenvalue weighted by molar-refractivity contribution is 0.0953. The van der Waals surface area contributed by atoms with Crippen molar-refractivity contribution in [1.29, 1.82) is 0 Å². The van der Waals surface area contributed by atoms with Crippen LogP contribution in [-0.4, -0.2) is 39.0 Å². The number of H-pyrrole nitrogens is 1. The van der Waals surface area contributed by atoms with Gasteiger partial charge in [-0.3, -0.25) is 4.79 Å². The van der Waals surface area contributed by atoms with Gasteiger partial charge in [-0.1, -0.05) is 17.7 Å². The zero-order valence-electron chi connectivity index (χ0n) is 17.8. The summed E-state index contributed by atoms with van der Waals surface area (Å²) < 4.78 is 5.61. The first-order valence-corrected chi connectivity index (χ1v) is 10.9. The van der Waals surface area contributed by atoms with Crippen LogP contribution >= 0.6 is 11.6 Å². The molecule has 2 aromatic heterocycles. The third-order valence-electron chi connectivity index (χ3n) is 5.01. The highest BCUT2D eigenvalue weighted by Gasteiger charge is 2.13. The van der Waals surface area contributed by atoms with E-state index in [0.717, 1.165) is 35.3 Å². The molecule has 0 aliphatic heterocycles. The van der Waals surface area contributed by atoms with Gasteiger partial charge in [0.1, 0.15) is 5.82 Å². The largest absolute Gasteiger partial charge is 0.375 e. The van der Waals surface area contributed by atoms with Crippen molar-refractivity contribution in [2.75, 3.05) is 13.2 Å². The van der Waals surface area contributed by atoms with Crippen molar-refractivity contribution >= 4 is 28.4 Å². The Kier molecular flexibility index (Phi) is 7.09. The van der Waals surface area contributed by atoms with Crippen molar-refractivity contribution < 1.29 is 9.53 Å². The Balaban J connectivity index is 1.56. The number of nitrogens with zero attached hydrogens (tertiary/aromatic N) is 3. The van der Waals surface area contributed by atoms with Crippen LogP contribution in [0.1, 0.15) is 35.2 Å². The summed E-state index contributed by atoms with van der Waals surface area (Å²) in [5, 5.41) is 4.48. The van der Waals surface area contributed by atoms with Gasteiger partial charge in [-0.05, 0) is 49.7 Å². The summed E-state index contributed by atoms with van der Waals surface area (Å²) in [5.41, 5.74) is 2.88. The van der Waals surface area contributed by atoms with E-state index < -0.39 is 0 Å². The summed E-state index contributed by atoms with van der Waals surface area (Å²) >= 11 is 6.02. The zero-order chi connectivity index (χ0) is 22.3. The van der Waals surface area contributed by atoms with E-state index in [9.17, 15) is 4.79 Å². The Morgan fingerprint density at radius 2 is 2.00 bits per heavy atom. The van der Waals surface area contributed by atoms with Crippen LogP contribution in [0.5, 0.6) is 0 Å². The maximum absolute atomic E-state index is 12.7. The summed E-state index contributed by atoms with van der Waals surface area (Å²) in [4.78, 5) is 29.4. The summed E-state index contributed by atoms with van der Waals surface area (Å²) in [6, 6.07) is 12.8. The number of amides is 1. The lowest BCUT2D eigenvalue weighted by Crippen LogP contribution is -2.24. The van der Waals surface area contributed by atoms with Gasteiger partial charge in [-0.25, -0.2) is 15.0 Å². The smallest absolute Gasteiger partial charge is 0.251 e. The number of rotatable bonds is 9. The highest BCUT2D eigenvalue weighted by Crippen LogP contribution is 2.24. The Hall–Kier alpha value is -3.29. The first-order valence-electron chi connectivity index (χ1n) is 10.5. The van der Waals surface area contributed by atoms with Gasteiger partial charge in [0.25, 0.3) is 5.91 Å². The van der Waals surface area contributed by atoms with Crippen LogP contribution in [0.25, 0.3) is 22.3 Å². The molecular weight excluding hydrogens is 426 g/mol. The van der Waals surface area contributed by atoms with Crippen LogP contribution in [-0.2, 0) is 17.8 Å². The number of ether oxygens (including phenoxy) is 1. The topological polar surface area (TPSA) is 92.8 Å². The highest BCUT2D eigenvalue weighted by atomic mass is 35.5. The number of aryl methyl sites for hydroxylation is 1. The van der Waals surface area contributed by atoms with Crippen LogP contribution in [0.2, 0.25) is 5.02 Å². The number of halogens is 1. The monoisotopic (exact) mass is 449 g/mol.